The number of nitrogens with one attached hydrogen (secondary N) is 1. The fourth-order valence-corrected chi connectivity index (χ4v) is 3.29. The van der Waals surface area contributed by atoms with Crippen LogP contribution in [0.25, 0.3) is 0 Å². The Hall–Kier alpha value is -2.69. The predicted molar refractivity (Wildman–Crippen MR) is 97.7 cm³/mol. The third kappa shape index (κ3) is 4.91. The second kappa shape index (κ2) is 8.61. The molecule has 2 aromatic carbocycles. The molecular formula is C21H23FN2O2. The molecule has 0 atom stereocenters. The predicted octanol–water partition coefficient (Wildman–Crippen LogP) is 2.92. The third-order valence-corrected chi connectivity index (χ3v) is 4.83. The van der Waals surface area contributed by atoms with Crippen LogP contribution in [-0.2, 0) is 22.6 Å². The fourth-order valence-electron chi connectivity index (χ4n) is 3.29. The van der Waals surface area contributed by atoms with Crippen molar-refractivity contribution < 1.29 is 14.0 Å². The maximum atomic E-state index is 12.9. The summed E-state index contributed by atoms with van der Waals surface area (Å²) in [6, 6.07) is 16.2. The van der Waals surface area contributed by atoms with Gasteiger partial charge in [0.25, 0.3) is 0 Å². The van der Waals surface area contributed by atoms with Gasteiger partial charge in [0.2, 0.25) is 0 Å². The number of carbonyl (C=O) groups is 2. The molecule has 0 bridgehead atoms. The molecule has 0 aromatic heterocycles. The quantitative estimate of drug-likeness (QED) is 0.859. The molecule has 4 nitrogen and oxygen atoms in total. The van der Waals surface area contributed by atoms with E-state index in [1.807, 2.05) is 18.2 Å². The van der Waals surface area contributed by atoms with Crippen molar-refractivity contribution in [3.05, 3.63) is 71.5 Å². The molecule has 0 unspecified atom stereocenters. The SMILES string of the molecule is O=C(NCc1ccc(F)cc1)C(=O)N1CCC(Cc2ccccc2)CC1. The van der Waals surface area contributed by atoms with E-state index in [9.17, 15) is 14.0 Å². The molecule has 0 saturated carbocycles. The summed E-state index contributed by atoms with van der Waals surface area (Å²) >= 11 is 0. The van der Waals surface area contributed by atoms with E-state index < -0.39 is 11.8 Å². The average Bonchev–Trinajstić information content (AvgIpc) is 2.68. The number of piperidine rings is 1. The van der Waals surface area contributed by atoms with E-state index >= 15 is 0 Å². The number of benzene rings is 2. The molecule has 2 amide bonds. The summed E-state index contributed by atoms with van der Waals surface area (Å²) in [5, 5.41) is 2.61. The molecule has 26 heavy (non-hydrogen) atoms. The molecule has 1 aliphatic heterocycles. The second-order valence-corrected chi connectivity index (χ2v) is 6.73. The molecule has 5 heteroatoms. The molecule has 1 heterocycles. The van der Waals surface area contributed by atoms with Crippen molar-refractivity contribution in [2.45, 2.75) is 25.8 Å². The van der Waals surface area contributed by atoms with Gasteiger partial charge in [-0.15, -0.1) is 0 Å². The normalized spacial score (nSPS) is 14.9. The Morgan fingerprint density at radius 2 is 1.62 bits per heavy atom. The van der Waals surface area contributed by atoms with E-state index in [1.165, 1.54) is 17.7 Å². The van der Waals surface area contributed by atoms with Gasteiger partial charge in [0, 0.05) is 19.6 Å². The molecular weight excluding hydrogens is 331 g/mol. The maximum absolute atomic E-state index is 12.9. The Labute approximate surface area is 153 Å². The first kappa shape index (κ1) is 18.1. The first-order valence-corrected chi connectivity index (χ1v) is 8.97. The summed E-state index contributed by atoms with van der Waals surface area (Å²) in [4.78, 5) is 26.0. The highest BCUT2D eigenvalue weighted by Crippen LogP contribution is 2.21. The average molecular weight is 354 g/mol. The van der Waals surface area contributed by atoms with Gasteiger partial charge in [-0.1, -0.05) is 42.5 Å². The zero-order valence-electron chi connectivity index (χ0n) is 14.7. The second-order valence-electron chi connectivity index (χ2n) is 6.73. The monoisotopic (exact) mass is 354 g/mol. The zero-order chi connectivity index (χ0) is 18.4. The van der Waals surface area contributed by atoms with E-state index in [2.05, 4.69) is 17.4 Å². The number of rotatable bonds is 4. The van der Waals surface area contributed by atoms with Crippen molar-refractivity contribution >= 4 is 11.8 Å². The van der Waals surface area contributed by atoms with E-state index in [4.69, 9.17) is 0 Å². The van der Waals surface area contributed by atoms with Gasteiger partial charge in [-0.25, -0.2) is 4.39 Å². The molecule has 136 valence electrons. The van der Waals surface area contributed by atoms with Crippen LogP contribution in [0.4, 0.5) is 4.39 Å². The molecule has 1 aliphatic rings. The Balaban J connectivity index is 1.44. The minimum absolute atomic E-state index is 0.218. The van der Waals surface area contributed by atoms with E-state index in [1.54, 1.807) is 17.0 Å². The van der Waals surface area contributed by atoms with Crippen LogP contribution in [0.15, 0.2) is 54.6 Å². The van der Waals surface area contributed by atoms with Crippen LogP contribution >= 0.6 is 0 Å². The lowest BCUT2D eigenvalue weighted by molar-refractivity contribution is -0.146. The lowest BCUT2D eigenvalue weighted by atomic mass is 9.90. The Morgan fingerprint density at radius 1 is 0.962 bits per heavy atom. The summed E-state index contributed by atoms with van der Waals surface area (Å²) in [6.07, 6.45) is 2.83. The molecule has 1 fully saturated rings. The van der Waals surface area contributed by atoms with Crippen molar-refractivity contribution in [2.24, 2.45) is 5.92 Å². The summed E-state index contributed by atoms with van der Waals surface area (Å²) in [7, 11) is 0. The van der Waals surface area contributed by atoms with Crippen molar-refractivity contribution in [1.82, 2.24) is 10.2 Å². The first-order valence-electron chi connectivity index (χ1n) is 8.97. The van der Waals surface area contributed by atoms with E-state index in [0.717, 1.165) is 24.8 Å². The highest BCUT2D eigenvalue weighted by atomic mass is 19.1. The van der Waals surface area contributed by atoms with Crippen LogP contribution in [0.5, 0.6) is 0 Å². The van der Waals surface area contributed by atoms with Crippen LogP contribution in [-0.4, -0.2) is 29.8 Å². The minimum Gasteiger partial charge on any atom is -0.344 e. The van der Waals surface area contributed by atoms with Crippen LogP contribution in [0.1, 0.15) is 24.0 Å². The van der Waals surface area contributed by atoms with E-state index in [0.29, 0.717) is 19.0 Å². The van der Waals surface area contributed by atoms with Gasteiger partial charge in [-0.05, 0) is 48.4 Å². The molecule has 1 saturated heterocycles. The number of carbonyl (C=O) groups excluding carboxylic acids is 2. The molecule has 0 radical (unpaired) electrons. The maximum Gasteiger partial charge on any atom is 0.311 e. The van der Waals surface area contributed by atoms with Crippen LogP contribution in [0.3, 0.4) is 0 Å². The zero-order valence-corrected chi connectivity index (χ0v) is 14.7. The molecule has 1 N–H and O–H groups in total. The summed E-state index contributed by atoms with van der Waals surface area (Å²) in [5.41, 5.74) is 2.07. The van der Waals surface area contributed by atoms with Crippen molar-refractivity contribution in [1.29, 1.82) is 0 Å². The highest BCUT2D eigenvalue weighted by Gasteiger charge is 2.26. The number of halogens is 1. The first-order chi connectivity index (χ1) is 12.6. The summed E-state index contributed by atoms with van der Waals surface area (Å²) < 4.78 is 12.9. The lowest BCUT2D eigenvalue weighted by Gasteiger charge is -2.31. The van der Waals surface area contributed by atoms with Gasteiger partial charge in [0.15, 0.2) is 0 Å². The minimum atomic E-state index is -0.601. The van der Waals surface area contributed by atoms with Crippen molar-refractivity contribution in [3.63, 3.8) is 0 Å². The van der Waals surface area contributed by atoms with Crippen molar-refractivity contribution in [3.8, 4) is 0 Å². The van der Waals surface area contributed by atoms with E-state index in [-0.39, 0.29) is 12.4 Å². The molecule has 2 aromatic rings. The number of amides is 2. The van der Waals surface area contributed by atoms with Gasteiger partial charge < -0.3 is 10.2 Å². The Morgan fingerprint density at radius 3 is 2.27 bits per heavy atom. The number of hydrogen-bond acceptors (Lipinski definition) is 2. The Bertz CT molecular complexity index is 738. The highest BCUT2D eigenvalue weighted by molar-refractivity contribution is 6.34. The van der Waals surface area contributed by atoms with Gasteiger partial charge >= 0.3 is 11.8 Å². The van der Waals surface area contributed by atoms with Crippen molar-refractivity contribution in [2.75, 3.05) is 13.1 Å². The Kier molecular flexibility index (Phi) is 6.00. The van der Waals surface area contributed by atoms with Crippen LogP contribution in [0, 0.1) is 11.7 Å². The van der Waals surface area contributed by atoms with Gasteiger partial charge in [0.1, 0.15) is 5.82 Å². The third-order valence-electron chi connectivity index (χ3n) is 4.83. The van der Waals surface area contributed by atoms with Crippen LogP contribution in [0.2, 0.25) is 0 Å². The lowest BCUT2D eigenvalue weighted by Crippen LogP contribution is -2.46. The standard InChI is InChI=1S/C21H23FN2O2/c22-19-8-6-18(7-9-19)15-23-20(25)21(26)24-12-10-17(11-13-24)14-16-4-2-1-3-5-16/h1-9,17H,10-15H2,(H,23,25). The van der Waals surface area contributed by atoms with Crippen LogP contribution < -0.4 is 5.32 Å². The largest absolute Gasteiger partial charge is 0.344 e. The molecule has 0 spiro atoms. The molecule has 0 aliphatic carbocycles. The number of hydrogen-bond donors (Lipinski definition) is 1. The van der Waals surface area contributed by atoms with Gasteiger partial charge in [-0.3, -0.25) is 9.59 Å². The summed E-state index contributed by atoms with van der Waals surface area (Å²) in [5.74, 6) is -0.862. The number of nitrogens with zero attached hydrogens (tertiary/aromatic N) is 1. The smallest absolute Gasteiger partial charge is 0.311 e. The topological polar surface area (TPSA) is 49.4 Å². The van der Waals surface area contributed by atoms with Gasteiger partial charge in [-0.2, -0.15) is 0 Å². The summed E-state index contributed by atoms with van der Waals surface area (Å²) in [6.45, 7) is 1.44. The fraction of sp³-hybridized carbons (Fsp3) is 0.333. The van der Waals surface area contributed by atoms with Gasteiger partial charge in [0.05, 0.1) is 0 Å². The molecule has 3 rings (SSSR count). The number of likely N-dealkylation sites (tertiary alicyclic amines) is 1.